The molecule has 0 spiro atoms. The Hall–Kier alpha value is -4.00. The van der Waals surface area contributed by atoms with Crippen LogP contribution in [0.2, 0.25) is 0 Å². The maximum absolute atomic E-state index is 13.0. The van der Waals surface area contributed by atoms with Crippen molar-refractivity contribution in [2.75, 3.05) is 26.4 Å². The van der Waals surface area contributed by atoms with Crippen LogP contribution in [0, 0.1) is 0 Å². The van der Waals surface area contributed by atoms with Gasteiger partial charge in [0, 0.05) is 6.54 Å². The van der Waals surface area contributed by atoms with Crippen LogP contribution in [0.3, 0.4) is 0 Å². The summed E-state index contributed by atoms with van der Waals surface area (Å²) in [6.45, 7) is 1.66. The quantitative estimate of drug-likeness (QED) is 0.469. The molecule has 2 heterocycles. The lowest BCUT2D eigenvalue weighted by Gasteiger charge is -2.26. The van der Waals surface area contributed by atoms with E-state index in [-0.39, 0.29) is 18.6 Å². The molecule has 1 amide bonds. The van der Waals surface area contributed by atoms with Crippen LogP contribution < -0.4 is 14.2 Å². The van der Waals surface area contributed by atoms with E-state index < -0.39 is 5.97 Å². The lowest BCUT2D eigenvalue weighted by Crippen LogP contribution is -2.34. The fourth-order valence-electron chi connectivity index (χ4n) is 4.46. The van der Waals surface area contributed by atoms with Gasteiger partial charge < -0.3 is 23.8 Å². The third kappa shape index (κ3) is 5.24. The Labute approximate surface area is 204 Å². The molecule has 1 fully saturated rings. The van der Waals surface area contributed by atoms with E-state index in [9.17, 15) is 9.59 Å². The molecule has 0 aliphatic carbocycles. The van der Waals surface area contributed by atoms with Gasteiger partial charge in [0.1, 0.15) is 31.1 Å². The minimum absolute atomic E-state index is 0.0847. The molecule has 0 N–H and O–H groups in total. The van der Waals surface area contributed by atoms with Crippen LogP contribution in [0.5, 0.6) is 17.2 Å². The molecule has 2 aliphatic heterocycles. The minimum atomic E-state index is -0.586. The third-order valence-corrected chi connectivity index (χ3v) is 6.20. The zero-order chi connectivity index (χ0) is 24.0. The largest absolute Gasteiger partial charge is 0.488 e. The fraction of sp³-hybridized carbons (Fsp3) is 0.286. The van der Waals surface area contributed by atoms with Gasteiger partial charge in [0.15, 0.2) is 18.1 Å². The molecule has 1 unspecified atom stereocenters. The van der Waals surface area contributed by atoms with Crippen molar-refractivity contribution in [3.8, 4) is 17.2 Å². The summed E-state index contributed by atoms with van der Waals surface area (Å²) >= 11 is 0. The first-order valence-electron chi connectivity index (χ1n) is 11.8. The molecule has 2 aliphatic rings. The SMILES string of the molecule is O=C(OCC(=O)N1CCCC1c1ccc2c(c1)OCCO2)c1ccccc1OCc1ccccc1. The average molecular weight is 474 g/mol. The van der Waals surface area contributed by atoms with E-state index in [4.69, 9.17) is 18.9 Å². The van der Waals surface area contributed by atoms with Gasteiger partial charge in [-0.2, -0.15) is 0 Å². The molecule has 3 aromatic carbocycles. The first-order chi connectivity index (χ1) is 17.2. The van der Waals surface area contributed by atoms with E-state index in [1.165, 1.54) is 0 Å². The van der Waals surface area contributed by atoms with Crippen molar-refractivity contribution in [3.63, 3.8) is 0 Å². The van der Waals surface area contributed by atoms with Crippen LogP contribution in [0.15, 0.2) is 72.8 Å². The van der Waals surface area contributed by atoms with E-state index in [0.29, 0.717) is 43.4 Å². The lowest BCUT2D eigenvalue weighted by atomic mass is 10.0. The molecular weight excluding hydrogens is 446 g/mol. The highest BCUT2D eigenvalue weighted by atomic mass is 16.6. The number of hydrogen-bond donors (Lipinski definition) is 0. The Morgan fingerprint density at radius 2 is 1.69 bits per heavy atom. The van der Waals surface area contributed by atoms with Gasteiger partial charge in [0.05, 0.1) is 6.04 Å². The summed E-state index contributed by atoms with van der Waals surface area (Å²) in [5.41, 5.74) is 2.28. The second-order valence-corrected chi connectivity index (χ2v) is 8.49. The maximum Gasteiger partial charge on any atom is 0.342 e. The minimum Gasteiger partial charge on any atom is -0.488 e. The number of carbonyl (C=O) groups excluding carboxylic acids is 2. The Bertz CT molecular complexity index is 1200. The predicted octanol–water partition coefficient (Wildman–Crippen LogP) is 4.56. The number of esters is 1. The molecule has 1 atom stereocenters. The summed E-state index contributed by atoms with van der Waals surface area (Å²) in [5.74, 6) is 1.03. The summed E-state index contributed by atoms with van der Waals surface area (Å²) in [4.78, 5) is 27.6. The van der Waals surface area contributed by atoms with Gasteiger partial charge in [-0.3, -0.25) is 4.79 Å². The summed E-state index contributed by atoms with van der Waals surface area (Å²) in [7, 11) is 0. The number of benzene rings is 3. The smallest absolute Gasteiger partial charge is 0.342 e. The van der Waals surface area contributed by atoms with Crippen LogP contribution in [0.1, 0.15) is 40.4 Å². The predicted molar refractivity (Wildman–Crippen MR) is 129 cm³/mol. The van der Waals surface area contributed by atoms with Crippen molar-refractivity contribution in [3.05, 3.63) is 89.5 Å². The van der Waals surface area contributed by atoms with E-state index in [0.717, 1.165) is 29.7 Å². The average Bonchev–Trinajstić information content (AvgIpc) is 3.41. The molecular formula is C28H27NO6. The van der Waals surface area contributed by atoms with Crippen molar-refractivity contribution >= 4 is 11.9 Å². The van der Waals surface area contributed by atoms with E-state index in [1.807, 2.05) is 48.5 Å². The number of para-hydroxylation sites is 1. The van der Waals surface area contributed by atoms with Crippen LogP contribution in [-0.4, -0.2) is 43.1 Å². The Morgan fingerprint density at radius 1 is 0.914 bits per heavy atom. The molecule has 1 saturated heterocycles. The van der Waals surface area contributed by atoms with Gasteiger partial charge >= 0.3 is 5.97 Å². The number of fused-ring (bicyclic) bond motifs is 1. The Kier molecular flexibility index (Phi) is 6.84. The fourth-order valence-corrected chi connectivity index (χ4v) is 4.46. The topological polar surface area (TPSA) is 74.3 Å². The summed E-state index contributed by atoms with van der Waals surface area (Å²) in [6.07, 6.45) is 1.73. The highest BCUT2D eigenvalue weighted by Crippen LogP contribution is 2.38. The standard InChI is InChI=1S/C28H27NO6/c30-27(29-14-6-10-23(29)21-12-13-25-26(17-21)33-16-15-32-25)19-35-28(31)22-9-4-5-11-24(22)34-18-20-7-2-1-3-8-20/h1-5,7-9,11-13,17,23H,6,10,14-16,18-19H2. The summed E-state index contributed by atoms with van der Waals surface area (Å²) in [5, 5.41) is 0. The monoisotopic (exact) mass is 473 g/mol. The summed E-state index contributed by atoms with van der Waals surface area (Å²) in [6, 6.07) is 22.3. The van der Waals surface area contributed by atoms with E-state index >= 15 is 0 Å². The van der Waals surface area contributed by atoms with Crippen LogP contribution >= 0.6 is 0 Å². The van der Waals surface area contributed by atoms with Crippen LogP contribution in [0.25, 0.3) is 0 Å². The lowest BCUT2D eigenvalue weighted by molar-refractivity contribution is -0.135. The van der Waals surface area contributed by atoms with Gasteiger partial charge in [0.25, 0.3) is 5.91 Å². The van der Waals surface area contributed by atoms with Crippen LogP contribution in [-0.2, 0) is 16.1 Å². The molecule has 0 bridgehead atoms. The Morgan fingerprint density at radius 3 is 2.54 bits per heavy atom. The van der Waals surface area contributed by atoms with Crippen molar-refractivity contribution in [2.45, 2.75) is 25.5 Å². The number of ether oxygens (including phenoxy) is 4. The zero-order valence-electron chi connectivity index (χ0n) is 19.4. The molecule has 3 aromatic rings. The number of hydrogen-bond acceptors (Lipinski definition) is 6. The molecule has 0 aromatic heterocycles. The van der Waals surface area contributed by atoms with Crippen molar-refractivity contribution in [2.24, 2.45) is 0 Å². The van der Waals surface area contributed by atoms with Crippen molar-refractivity contribution < 1.29 is 28.5 Å². The second kappa shape index (κ2) is 10.5. The molecule has 180 valence electrons. The van der Waals surface area contributed by atoms with Gasteiger partial charge in [-0.1, -0.05) is 48.5 Å². The third-order valence-electron chi connectivity index (χ3n) is 6.20. The number of carbonyl (C=O) groups is 2. The zero-order valence-corrected chi connectivity index (χ0v) is 19.4. The van der Waals surface area contributed by atoms with Crippen molar-refractivity contribution in [1.82, 2.24) is 4.90 Å². The highest BCUT2D eigenvalue weighted by Gasteiger charge is 2.31. The van der Waals surface area contributed by atoms with Crippen LogP contribution in [0.4, 0.5) is 0 Å². The number of amides is 1. The molecule has 7 heteroatoms. The first-order valence-corrected chi connectivity index (χ1v) is 11.8. The van der Waals surface area contributed by atoms with Gasteiger partial charge in [0.2, 0.25) is 0 Å². The second-order valence-electron chi connectivity index (χ2n) is 8.49. The Balaban J connectivity index is 1.21. The maximum atomic E-state index is 13.0. The molecule has 0 radical (unpaired) electrons. The van der Waals surface area contributed by atoms with Gasteiger partial charge in [-0.05, 0) is 48.2 Å². The number of likely N-dealkylation sites (tertiary alicyclic amines) is 1. The van der Waals surface area contributed by atoms with Gasteiger partial charge in [-0.15, -0.1) is 0 Å². The van der Waals surface area contributed by atoms with Crippen molar-refractivity contribution in [1.29, 1.82) is 0 Å². The summed E-state index contributed by atoms with van der Waals surface area (Å²) < 4.78 is 22.6. The molecule has 7 nitrogen and oxygen atoms in total. The van der Waals surface area contributed by atoms with E-state index in [2.05, 4.69) is 0 Å². The highest BCUT2D eigenvalue weighted by molar-refractivity contribution is 5.94. The number of nitrogens with zero attached hydrogens (tertiary/aromatic N) is 1. The van der Waals surface area contributed by atoms with Gasteiger partial charge in [-0.25, -0.2) is 4.79 Å². The first kappa shape index (κ1) is 22.8. The molecule has 5 rings (SSSR count). The number of rotatable bonds is 7. The molecule has 0 saturated carbocycles. The molecule has 35 heavy (non-hydrogen) atoms. The normalized spacial score (nSPS) is 16.6. The van der Waals surface area contributed by atoms with E-state index in [1.54, 1.807) is 29.2 Å².